The average molecular weight is 332 g/mol. The normalized spacial score (nSPS) is 22.5. The molecular formula is C16H20N4O4. The molecule has 0 bridgehead atoms. The lowest BCUT2D eigenvalue weighted by Gasteiger charge is -2.25. The third-order valence-electron chi connectivity index (χ3n) is 4.23. The minimum Gasteiger partial charge on any atom is -0.413 e. The van der Waals surface area contributed by atoms with Crippen LogP contribution in [-0.4, -0.2) is 34.4 Å². The van der Waals surface area contributed by atoms with E-state index in [1.54, 1.807) is 13.3 Å². The number of methoxy groups -OCH3 is 1. The number of hydrogen-bond donors (Lipinski definition) is 4. The summed E-state index contributed by atoms with van der Waals surface area (Å²) in [5, 5.41) is 4.86. The molecule has 2 heterocycles. The molecule has 8 nitrogen and oxygen atoms in total. The molecule has 1 aliphatic carbocycles. The maximum atomic E-state index is 12.4. The van der Waals surface area contributed by atoms with Gasteiger partial charge in [-0.3, -0.25) is 14.7 Å². The van der Waals surface area contributed by atoms with Crippen molar-refractivity contribution < 1.29 is 9.57 Å². The molecule has 1 aromatic heterocycles. The van der Waals surface area contributed by atoms with Gasteiger partial charge in [0.2, 0.25) is 5.43 Å². The fourth-order valence-electron chi connectivity index (χ4n) is 3.07. The Kier molecular flexibility index (Phi) is 4.41. The first kappa shape index (κ1) is 16.3. The van der Waals surface area contributed by atoms with Gasteiger partial charge in [0, 0.05) is 42.8 Å². The second-order valence-corrected chi connectivity index (χ2v) is 5.74. The number of allylic oxidation sites excluding steroid dienone is 1. The fourth-order valence-corrected chi connectivity index (χ4v) is 3.07. The lowest BCUT2D eigenvalue weighted by molar-refractivity contribution is 0.121. The van der Waals surface area contributed by atoms with E-state index in [9.17, 15) is 9.59 Å². The van der Waals surface area contributed by atoms with Crippen molar-refractivity contribution in [3.05, 3.63) is 61.1 Å². The molecule has 0 aromatic carbocycles. The van der Waals surface area contributed by atoms with Crippen molar-refractivity contribution in [2.24, 2.45) is 0 Å². The molecule has 8 heteroatoms. The van der Waals surface area contributed by atoms with Gasteiger partial charge in [-0.2, -0.15) is 0 Å². The minimum absolute atomic E-state index is 0.00333. The minimum atomic E-state index is -0.711. The third kappa shape index (κ3) is 2.81. The van der Waals surface area contributed by atoms with E-state index in [1.165, 1.54) is 6.20 Å². The van der Waals surface area contributed by atoms with Crippen LogP contribution in [0.25, 0.3) is 6.08 Å². The summed E-state index contributed by atoms with van der Waals surface area (Å²) < 4.78 is 5.58. The summed E-state index contributed by atoms with van der Waals surface area (Å²) in [5.74, 6) is 0.768. The first-order valence-electron chi connectivity index (χ1n) is 7.65. The van der Waals surface area contributed by atoms with Crippen LogP contribution in [-0.2, 0) is 16.0 Å². The molecule has 0 radical (unpaired) electrons. The molecule has 128 valence electrons. The number of hydroxylamine groups is 1. The Labute approximate surface area is 137 Å². The molecule has 0 fully saturated rings. The second kappa shape index (κ2) is 6.50. The summed E-state index contributed by atoms with van der Waals surface area (Å²) >= 11 is 0. The van der Waals surface area contributed by atoms with Gasteiger partial charge in [-0.05, 0) is 25.5 Å². The number of ether oxygens (including phenoxy) is 1. The molecule has 3 rings (SSSR count). The van der Waals surface area contributed by atoms with E-state index >= 15 is 0 Å². The number of H-pyrrole nitrogens is 3. The van der Waals surface area contributed by atoms with Gasteiger partial charge in [0.1, 0.15) is 5.76 Å². The van der Waals surface area contributed by atoms with Crippen molar-refractivity contribution in [3.8, 4) is 0 Å². The van der Waals surface area contributed by atoms with Gasteiger partial charge in [-0.1, -0.05) is 0 Å². The van der Waals surface area contributed by atoms with E-state index in [0.29, 0.717) is 17.7 Å². The van der Waals surface area contributed by atoms with Crippen LogP contribution in [0.5, 0.6) is 0 Å². The van der Waals surface area contributed by atoms with Gasteiger partial charge < -0.3 is 19.7 Å². The largest absolute Gasteiger partial charge is 0.413 e. The van der Waals surface area contributed by atoms with Crippen molar-refractivity contribution >= 4 is 6.08 Å². The van der Waals surface area contributed by atoms with E-state index in [0.717, 1.165) is 16.9 Å². The van der Waals surface area contributed by atoms with Crippen molar-refractivity contribution in [1.29, 1.82) is 0 Å². The Morgan fingerprint density at radius 3 is 2.75 bits per heavy atom. The van der Waals surface area contributed by atoms with Gasteiger partial charge in [0.25, 0.3) is 0 Å². The molecule has 0 saturated carbocycles. The summed E-state index contributed by atoms with van der Waals surface area (Å²) in [6.07, 6.45) is 4.93. The smallest absolute Gasteiger partial charge is 0.310 e. The third-order valence-corrected chi connectivity index (χ3v) is 4.23. The highest BCUT2D eigenvalue weighted by atomic mass is 16.7. The fraction of sp³-hybridized carbons (Fsp3) is 0.375. The zero-order chi connectivity index (χ0) is 17.3. The molecule has 0 spiro atoms. The van der Waals surface area contributed by atoms with Gasteiger partial charge in [-0.25, -0.2) is 0 Å². The van der Waals surface area contributed by atoms with Crippen LogP contribution in [0.3, 0.4) is 0 Å². The molecular weight excluding hydrogens is 312 g/mol. The predicted molar refractivity (Wildman–Crippen MR) is 88.5 cm³/mol. The van der Waals surface area contributed by atoms with Crippen LogP contribution in [0.4, 0.5) is 0 Å². The summed E-state index contributed by atoms with van der Waals surface area (Å²) in [4.78, 5) is 32.7. The molecule has 2 aliphatic rings. The van der Waals surface area contributed by atoms with Gasteiger partial charge in [-0.15, -0.1) is 5.48 Å². The van der Waals surface area contributed by atoms with Crippen LogP contribution in [0.2, 0.25) is 0 Å². The quantitative estimate of drug-likeness (QED) is 0.595. The predicted octanol–water partition coefficient (Wildman–Crippen LogP) is 0.667. The SMILES string of the molecule is COC1Cc2c([nH]cc[nH][nH]c(=O)c2=O)C=C1C1=C(C)ONC1C. The van der Waals surface area contributed by atoms with Gasteiger partial charge >= 0.3 is 5.56 Å². The highest BCUT2D eigenvalue weighted by molar-refractivity contribution is 5.64. The molecule has 1 aromatic rings. The molecule has 24 heavy (non-hydrogen) atoms. The molecule has 0 saturated heterocycles. The first-order valence-corrected chi connectivity index (χ1v) is 7.65. The van der Waals surface area contributed by atoms with Crippen molar-refractivity contribution in [1.82, 2.24) is 20.7 Å². The van der Waals surface area contributed by atoms with Crippen LogP contribution in [0.1, 0.15) is 25.1 Å². The highest BCUT2D eigenvalue weighted by Crippen LogP contribution is 2.33. The maximum Gasteiger partial charge on any atom is 0.310 e. The van der Waals surface area contributed by atoms with E-state index in [-0.39, 0.29) is 12.1 Å². The second-order valence-electron chi connectivity index (χ2n) is 5.74. The molecule has 1 aliphatic heterocycles. The van der Waals surface area contributed by atoms with Crippen LogP contribution < -0.4 is 16.5 Å². The van der Waals surface area contributed by atoms with E-state index in [1.807, 2.05) is 19.9 Å². The van der Waals surface area contributed by atoms with Crippen LogP contribution in [0, 0.1) is 0 Å². The molecule has 0 amide bonds. The van der Waals surface area contributed by atoms with Crippen molar-refractivity contribution in [2.45, 2.75) is 32.4 Å². The summed E-state index contributed by atoms with van der Waals surface area (Å²) in [7, 11) is 1.59. The molecule has 2 atom stereocenters. The highest BCUT2D eigenvalue weighted by Gasteiger charge is 2.32. The average Bonchev–Trinajstić information content (AvgIpc) is 2.93. The molecule has 4 N–H and O–H groups in total. The Bertz CT molecular complexity index is 873. The zero-order valence-electron chi connectivity index (χ0n) is 13.7. The Morgan fingerprint density at radius 2 is 2.08 bits per heavy atom. The van der Waals surface area contributed by atoms with Crippen molar-refractivity contribution in [3.63, 3.8) is 0 Å². The number of fused-ring (bicyclic) bond motifs is 1. The summed E-state index contributed by atoms with van der Waals surface area (Å²) in [5.41, 5.74) is 4.50. The van der Waals surface area contributed by atoms with Crippen LogP contribution in [0.15, 0.2) is 38.9 Å². The van der Waals surface area contributed by atoms with E-state index < -0.39 is 11.0 Å². The molecule has 2 unspecified atom stereocenters. The lowest BCUT2D eigenvalue weighted by Crippen LogP contribution is -2.34. The number of hydrogen-bond acceptors (Lipinski definition) is 5. The van der Waals surface area contributed by atoms with Crippen molar-refractivity contribution in [2.75, 3.05) is 7.11 Å². The number of aromatic amines is 3. The van der Waals surface area contributed by atoms with Crippen LogP contribution >= 0.6 is 0 Å². The number of nitrogens with one attached hydrogen (secondary N) is 4. The Morgan fingerprint density at radius 1 is 1.29 bits per heavy atom. The monoisotopic (exact) mass is 332 g/mol. The standard InChI is InChI=1S/C16H20N4O4/c1-8-14(9(2)24-20-8)11-6-12-10(7-13(11)23-3)15(21)16(22)19-18-5-4-17-12/h4-6,8,13,17-18,20H,7H2,1-3H3,(H,19,22). The number of aromatic nitrogens is 3. The summed E-state index contributed by atoms with van der Waals surface area (Å²) in [6.45, 7) is 3.87. The number of rotatable bonds is 2. The maximum absolute atomic E-state index is 12.4. The zero-order valence-corrected chi connectivity index (χ0v) is 13.7. The van der Waals surface area contributed by atoms with E-state index in [4.69, 9.17) is 9.57 Å². The van der Waals surface area contributed by atoms with E-state index in [2.05, 4.69) is 20.7 Å². The first-order chi connectivity index (χ1) is 11.5. The lowest BCUT2D eigenvalue weighted by atomic mass is 9.86. The summed E-state index contributed by atoms with van der Waals surface area (Å²) in [6, 6.07) is 0.00333. The van der Waals surface area contributed by atoms with Gasteiger partial charge in [0.15, 0.2) is 0 Å². The Balaban J connectivity index is 2.27. The topological polar surface area (TPSA) is 112 Å². The van der Waals surface area contributed by atoms with Gasteiger partial charge in [0.05, 0.1) is 12.1 Å². The Hall–Kier alpha value is -2.58.